The molecule has 0 fully saturated rings. The second-order valence-electron chi connectivity index (χ2n) is 9.44. The Balaban J connectivity index is 1.21. The molecule has 0 saturated carbocycles. The van der Waals surface area contributed by atoms with E-state index in [1.54, 1.807) is 71.3 Å². The lowest BCUT2D eigenvalue weighted by atomic mass is 9.84. The van der Waals surface area contributed by atoms with E-state index < -0.39 is 9.84 Å². The van der Waals surface area contributed by atoms with Crippen molar-refractivity contribution in [2.45, 2.75) is 15.8 Å². The van der Waals surface area contributed by atoms with E-state index in [4.69, 9.17) is 0 Å². The Morgan fingerprint density at radius 2 is 1.33 bits per heavy atom. The van der Waals surface area contributed by atoms with Crippen LogP contribution in [0, 0.1) is 0 Å². The van der Waals surface area contributed by atoms with Crippen LogP contribution in [-0.2, 0) is 20.4 Å². The number of rotatable bonds is 8. The molecule has 1 N–H and O–H groups in total. The topological polar surface area (TPSA) is 128 Å². The maximum absolute atomic E-state index is 13.1. The first-order chi connectivity index (χ1) is 20.3. The second kappa shape index (κ2) is 11.2. The molecule has 6 rings (SSSR count). The summed E-state index contributed by atoms with van der Waals surface area (Å²) in [6.07, 6.45) is 0. The van der Waals surface area contributed by atoms with Crippen molar-refractivity contribution in [2.75, 3.05) is 11.1 Å². The molecule has 0 bridgehead atoms. The highest BCUT2D eigenvalue weighted by molar-refractivity contribution is 7.99. The highest BCUT2D eigenvalue weighted by Crippen LogP contribution is 2.30. The summed E-state index contributed by atoms with van der Waals surface area (Å²) < 4.78 is 27.8. The van der Waals surface area contributed by atoms with Gasteiger partial charge in [-0.1, -0.05) is 72.4 Å². The number of hydrogen-bond donors (Lipinski definition) is 1. The number of carbonyl (C=O) groups excluding carboxylic acids is 3. The molecule has 11 heteroatoms. The molecule has 1 heterocycles. The molecular weight excluding hydrogens is 572 g/mol. The molecule has 0 aliphatic heterocycles. The van der Waals surface area contributed by atoms with Gasteiger partial charge >= 0.3 is 0 Å². The molecule has 5 aromatic rings. The number of sulfone groups is 1. The van der Waals surface area contributed by atoms with E-state index in [1.807, 2.05) is 18.2 Å². The molecular formula is C31H22N4O5S2. The molecule has 42 heavy (non-hydrogen) atoms. The summed E-state index contributed by atoms with van der Waals surface area (Å²) in [6, 6.07) is 28.5. The molecule has 0 unspecified atom stereocenters. The minimum atomic E-state index is -3.70. The van der Waals surface area contributed by atoms with Gasteiger partial charge < -0.3 is 5.32 Å². The van der Waals surface area contributed by atoms with Gasteiger partial charge in [-0.15, -0.1) is 10.2 Å². The summed E-state index contributed by atoms with van der Waals surface area (Å²) in [7, 11) is -3.70. The van der Waals surface area contributed by atoms with Crippen LogP contribution in [0.1, 0.15) is 37.7 Å². The normalized spacial score (nSPS) is 12.5. The van der Waals surface area contributed by atoms with Crippen molar-refractivity contribution in [1.82, 2.24) is 14.8 Å². The quantitative estimate of drug-likeness (QED) is 0.250. The van der Waals surface area contributed by atoms with Crippen molar-refractivity contribution in [3.05, 3.63) is 131 Å². The van der Waals surface area contributed by atoms with Gasteiger partial charge in [-0.2, -0.15) is 0 Å². The number of benzene rings is 4. The molecule has 1 amide bonds. The minimum absolute atomic E-state index is 0.0663. The van der Waals surface area contributed by atoms with E-state index >= 15 is 0 Å². The summed E-state index contributed by atoms with van der Waals surface area (Å²) >= 11 is 1.09. The van der Waals surface area contributed by atoms with Crippen LogP contribution < -0.4 is 5.32 Å². The number of carbonyl (C=O) groups is 3. The van der Waals surface area contributed by atoms with Gasteiger partial charge in [0.25, 0.3) is 0 Å². The van der Waals surface area contributed by atoms with Gasteiger partial charge in [0, 0.05) is 33.6 Å². The van der Waals surface area contributed by atoms with Crippen molar-refractivity contribution in [3.8, 4) is 5.69 Å². The maximum atomic E-state index is 13.1. The first kappa shape index (κ1) is 27.3. The molecule has 0 saturated heterocycles. The van der Waals surface area contributed by atoms with Crippen molar-refractivity contribution >= 4 is 44.8 Å². The first-order valence-corrected chi connectivity index (χ1v) is 15.5. The van der Waals surface area contributed by atoms with Crippen LogP contribution in [0.4, 0.5) is 5.69 Å². The lowest BCUT2D eigenvalue weighted by Crippen LogP contribution is -2.21. The molecule has 0 atom stereocenters. The van der Waals surface area contributed by atoms with E-state index in [1.165, 1.54) is 18.2 Å². The van der Waals surface area contributed by atoms with E-state index in [0.717, 1.165) is 11.8 Å². The second-order valence-corrected chi connectivity index (χ2v) is 12.4. The van der Waals surface area contributed by atoms with Crippen molar-refractivity contribution in [2.24, 2.45) is 0 Å². The van der Waals surface area contributed by atoms with Crippen LogP contribution in [0.2, 0.25) is 0 Å². The Bertz CT molecular complexity index is 1960. The van der Waals surface area contributed by atoms with Gasteiger partial charge in [-0.25, -0.2) is 8.42 Å². The van der Waals surface area contributed by atoms with Gasteiger partial charge in [0.1, 0.15) is 5.75 Å². The number of aromatic nitrogens is 3. The number of amides is 1. The van der Waals surface area contributed by atoms with Crippen LogP contribution in [0.25, 0.3) is 5.69 Å². The fraction of sp³-hybridized carbons (Fsp3) is 0.0645. The summed E-state index contributed by atoms with van der Waals surface area (Å²) in [4.78, 5) is 39.0. The average Bonchev–Trinajstić information content (AvgIpc) is 3.41. The van der Waals surface area contributed by atoms with Crippen LogP contribution in [0.3, 0.4) is 0 Å². The number of thioether (sulfide) groups is 1. The average molecular weight is 595 g/mol. The van der Waals surface area contributed by atoms with Crippen molar-refractivity contribution in [1.29, 1.82) is 0 Å². The number of nitrogens with zero attached hydrogens (tertiary/aromatic N) is 3. The summed E-state index contributed by atoms with van der Waals surface area (Å²) in [5.41, 5.74) is 2.25. The predicted molar refractivity (Wildman–Crippen MR) is 158 cm³/mol. The van der Waals surface area contributed by atoms with E-state index in [2.05, 4.69) is 15.5 Å². The molecule has 208 valence electrons. The maximum Gasteiger partial charge on any atom is 0.234 e. The summed E-state index contributed by atoms with van der Waals surface area (Å²) in [5, 5.41) is 11.5. The molecule has 1 aromatic heterocycles. The number of hydrogen-bond acceptors (Lipinski definition) is 8. The summed E-state index contributed by atoms with van der Waals surface area (Å²) in [5.74, 6) is -1.12. The van der Waals surface area contributed by atoms with Crippen LogP contribution in [0.5, 0.6) is 0 Å². The minimum Gasteiger partial charge on any atom is -0.325 e. The Hall–Kier alpha value is -4.87. The zero-order chi connectivity index (χ0) is 29.3. The third-order valence-electron chi connectivity index (χ3n) is 6.68. The molecule has 1 aliphatic carbocycles. The largest absolute Gasteiger partial charge is 0.325 e. The van der Waals surface area contributed by atoms with Gasteiger partial charge in [0.2, 0.25) is 5.91 Å². The van der Waals surface area contributed by atoms with Crippen LogP contribution >= 0.6 is 11.8 Å². The zero-order valence-electron chi connectivity index (χ0n) is 21.9. The fourth-order valence-electron chi connectivity index (χ4n) is 4.71. The molecule has 0 radical (unpaired) electrons. The molecule has 9 nitrogen and oxygen atoms in total. The highest BCUT2D eigenvalue weighted by atomic mass is 32.2. The lowest BCUT2D eigenvalue weighted by molar-refractivity contribution is -0.113. The first-order valence-electron chi connectivity index (χ1n) is 12.8. The number of fused-ring (bicyclic) bond motifs is 2. The Morgan fingerprint density at radius 1 is 0.738 bits per heavy atom. The standard InChI is InChI=1S/C31H22N4O5S2/c36-28(32-20-15-16-25-26(17-20)30(38)24-14-8-7-13-23(24)29(25)37)18-41-31-34-33-27(35(31)21-9-3-1-4-10-21)19-42(39,40)22-11-5-2-6-12-22/h1-17H,18-19H2,(H,32,36). The van der Waals surface area contributed by atoms with Gasteiger partial charge in [-0.3, -0.25) is 19.0 Å². The Kier molecular flexibility index (Phi) is 7.27. The summed E-state index contributed by atoms with van der Waals surface area (Å²) in [6.45, 7) is 0. The highest BCUT2D eigenvalue weighted by Gasteiger charge is 2.29. The third kappa shape index (κ3) is 5.27. The number of para-hydroxylation sites is 1. The monoisotopic (exact) mass is 594 g/mol. The number of nitrogens with one attached hydrogen (secondary N) is 1. The smallest absolute Gasteiger partial charge is 0.234 e. The molecule has 4 aromatic carbocycles. The van der Waals surface area contributed by atoms with E-state index in [-0.39, 0.29) is 45.3 Å². The number of anilines is 1. The Labute approximate surface area is 245 Å². The van der Waals surface area contributed by atoms with Crippen molar-refractivity contribution < 1.29 is 22.8 Å². The van der Waals surface area contributed by atoms with Gasteiger partial charge in [0.15, 0.2) is 32.4 Å². The van der Waals surface area contributed by atoms with E-state index in [0.29, 0.717) is 33.2 Å². The predicted octanol–water partition coefficient (Wildman–Crippen LogP) is 4.75. The Morgan fingerprint density at radius 3 is 2.02 bits per heavy atom. The van der Waals surface area contributed by atoms with Gasteiger partial charge in [0.05, 0.1) is 10.6 Å². The number of ketones is 2. The van der Waals surface area contributed by atoms with Crippen LogP contribution in [0.15, 0.2) is 113 Å². The zero-order valence-corrected chi connectivity index (χ0v) is 23.6. The SMILES string of the molecule is O=C(CSc1nnc(CS(=O)(=O)c2ccccc2)n1-c1ccccc1)Nc1ccc2c(c1)C(=O)c1ccccc1C2=O. The van der Waals surface area contributed by atoms with Gasteiger partial charge in [-0.05, 0) is 42.5 Å². The molecule has 0 spiro atoms. The third-order valence-corrected chi connectivity index (χ3v) is 9.24. The van der Waals surface area contributed by atoms with Crippen LogP contribution in [-0.4, -0.2) is 46.4 Å². The molecule has 1 aliphatic rings. The lowest BCUT2D eigenvalue weighted by Gasteiger charge is -2.18. The van der Waals surface area contributed by atoms with Crippen molar-refractivity contribution in [3.63, 3.8) is 0 Å². The van der Waals surface area contributed by atoms with E-state index in [9.17, 15) is 22.8 Å². The fourth-order valence-corrected chi connectivity index (χ4v) is 6.75.